The third-order valence-electron chi connectivity index (χ3n) is 4.13. The number of aryl methyl sites for hydroxylation is 2. The van der Waals surface area contributed by atoms with Gasteiger partial charge in [-0.1, -0.05) is 30.3 Å². The summed E-state index contributed by atoms with van der Waals surface area (Å²) in [5.74, 6) is 0.162. The summed E-state index contributed by atoms with van der Waals surface area (Å²) in [5.41, 5.74) is 10.8. The van der Waals surface area contributed by atoms with E-state index in [2.05, 4.69) is 31.3 Å². The van der Waals surface area contributed by atoms with Crippen LogP contribution in [0.2, 0.25) is 0 Å². The molecule has 4 N–H and O–H groups in total. The number of nitrogens with one attached hydrogen (secondary N) is 1. The Labute approximate surface area is 130 Å². The molecule has 0 spiro atoms. The van der Waals surface area contributed by atoms with Gasteiger partial charge < -0.3 is 16.2 Å². The van der Waals surface area contributed by atoms with Crippen molar-refractivity contribution in [3.05, 3.63) is 65.2 Å². The zero-order valence-corrected chi connectivity index (χ0v) is 12.9. The molecule has 0 radical (unpaired) electrons. The van der Waals surface area contributed by atoms with Crippen LogP contribution < -0.4 is 11.1 Å². The van der Waals surface area contributed by atoms with Crippen LogP contribution in [0.4, 0.5) is 11.4 Å². The van der Waals surface area contributed by atoms with E-state index in [1.54, 1.807) is 0 Å². The summed E-state index contributed by atoms with van der Waals surface area (Å²) in [4.78, 5) is 0. The van der Waals surface area contributed by atoms with Gasteiger partial charge in [0.2, 0.25) is 0 Å². The molecular formula is C19H20N2O. The van der Waals surface area contributed by atoms with Crippen molar-refractivity contribution in [1.29, 1.82) is 0 Å². The highest BCUT2D eigenvalue weighted by Gasteiger charge is 2.09. The van der Waals surface area contributed by atoms with E-state index >= 15 is 0 Å². The van der Waals surface area contributed by atoms with Crippen LogP contribution in [0.25, 0.3) is 10.8 Å². The maximum absolute atomic E-state index is 10.3. The van der Waals surface area contributed by atoms with E-state index in [0.29, 0.717) is 12.2 Å². The molecule has 0 unspecified atom stereocenters. The molecule has 0 amide bonds. The monoisotopic (exact) mass is 292 g/mol. The van der Waals surface area contributed by atoms with Crippen molar-refractivity contribution in [3.63, 3.8) is 0 Å². The maximum atomic E-state index is 10.3. The molecule has 0 saturated heterocycles. The van der Waals surface area contributed by atoms with Crippen molar-refractivity contribution in [2.24, 2.45) is 0 Å². The summed E-state index contributed by atoms with van der Waals surface area (Å²) < 4.78 is 0. The minimum atomic E-state index is 0.162. The molecule has 0 fully saturated rings. The molecule has 0 bridgehead atoms. The smallest absolute Gasteiger partial charge is 0.144 e. The normalized spacial score (nSPS) is 10.8. The van der Waals surface area contributed by atoms with Gasteiger partial charge >= 0.3 is 0 Å². The highest BCUT2D eigenvalue weighted by molar-refractivity contribution is 5.96. The number of benzene rings is 3. The molecule has 0 saturated carbocycles. The van der Waals surface area contributed by atoms with Gasteiger partial charge in [-0.2, -0.15) is 0 Å². The van der Waals surface area contributed by atoms with E-state index in [0.717, 1.165) is 22.0 Å². The number of rotatable bonds is 3. The Balaban J connectivity index is 1.90. The van der Waals surface area contributed by atoms with Crippen molar-refractivity contribution < 1.29 is 5.11 Å². The first-order chi connectivity index (χ1) is 10.6. The first-order valence-electron chi connectivity index (χ1n) is 7.36. The molecule has 0 aliphatic rings. The minimum absolute atomic E-state index is 0.162. The molecule has 0 heterocycles. The van der Waals surface area contributed by atoms with Gasteiger partial charge in [0.1, 0.15) is 5.75 Å². The third-order valence-corrected chi connectivity index (χ3v) is 4.13. The predicted molar refractivity (Wildman–Crippen MR) is 93.3 cm³/mol. The second-order valence-electron chi connectivity index (χ2n) is 5.67. The van der Waals surface area contributed by atoms with Crippen LogP contribution in [0.1, 0.15) is 16.7 Å². The van der Waals surface area contributed by atoms with Gasteiger partial charge in [-0.3, -0.25) is 0 Å². The van der Waals surface area contributed by atoms with Gasteiger partial charge in [-0.15, -0.1) is 0 Å². The summed E-state index contributed by atoms with van der Waals surface area (Å²) in [7, 11) is 0. The molecule has 0 aromatic heterocycles. The lowest BCUT2D eigenvalue weighted by Crippen LogP contribution is -2.02. The lowest BCUT2D eigenvalue weighted by Gasteiger charge is -2.13. The van der Waals surface area contributed by atoms with Crippen molar-refractivity contribution >= 4 is 22.1 Å². The number of phenolic OH excluding ortho intramolecular Hbond substituents is 1. The molecule has 112 valence electrons. The molecule has 0 aliphatic carbocycles. The fourth-order valence-corrected chi connectivity index (χ4v) is 2.61. The molecule has 0 aliphatic heterocycles. The fraction of sp³-hybridized carbons (Fsp3) is 0.158. The molecule has 3 heteroatoms. The first-order valence-corrected chi connectivity index (χ1v) is 7.36. The van der Waals surface area contributed by atoms with Gasteiger partial charge in [0.25, 0.3) is 0 Å². The topological polar surface area (TPSA) is 58.3 Å². The van der Waals surface area contributed by atoms with Crippen LogP contribution in [-0.4, -0.2) is 5.11 Å². The summed E-state index contributed by atoms with van der Waals surface area (Å²) in [6, 6.07) is 16.0. The predicted octanol–water partition coefficient (Wildman–Crippen LogP) is 4.36. The van der Waals surface area contributed by atoms with Crippen LogP contribution in [-0.2, 0) is 6.54 Å². The number of nitrogen functional groups attached to an aromatic ring is 1. The number of nitrogens with two attached hydrogens (primary N) is 1. The Morgan fingerprint density at radius 3 is 2.55 bits per heavy atom. The first kappa shape index (κ1) is 14.3. The SMILES string of the molecule is Cc1ccc(NCc2cc3ccccc3c(N)c2O)cc1C. The fourth-order valence-electron chi connectivity index (χ4n) is 2.61. The lowest BCUT2D eigenvalue weighted by molar-refractivity contribution is 0.472. The van der Waals surface area contributed by atoms with E-state index in [1.165, 1.54) is 11.1 Å². The summed E-state index contributed by atoms with van der Waals surface area (Å²) in [6.07, 6.45) is 0. The minimum Gasteiger partial charge on any atom is -0.505 e. The standard InChI is InChI=1S/C19H20N2O/c1-12-7-8-16(9-13(12)2)21-11-15-10-14-5-3-4-6-17(14)18(20)19(15)22/h3-10,21-22H,11,20H2,1-2H3. The molecule has 3 aromatic carbocycles. The average molecular weight is 292 g/mol. The van der Waals surface area contributed by atoms with E-state index in [1.807, 2.05) is 36.4 Å². The van der Waals surface area contributed by atoms with Gasteiger partial charge in [-0.05, 0) is 48.6 Å². The van der Waals surface area contributed by atoms with Crippen molar-refractivity contribution in [3.8, 4) is 5.75 Å². The van der Waals surface area contributed by atoms with Crippen LogP contribution >= 0.6 is 0 Å². The molecule has 3 nitrogen and oxygen atoms in total. The number of anilines is 2. The third kappa shape index (κ3) is 2.58. The molecule has 3 rings (SSSR count). The van der Waals surface area contributed by atoms with Crippen molar-refractivity contribution in [2.45, 2.75) is 20.4 Å². The molecule has 22 heavy (non-hydrogen) atoms. The van der Waals surface area contributed by atoms with Crippen molar-refractivity contribution in [2.75, 3.05) is 11.1 Å². The van der Waals surface area contributed by atoms with Gasteiger partial charge in [0.15, 0.2) is 0 Å². The highest BCUT2D eigenvalue weighted by atomic mass is 16.3. The van der Waals surface area contributed by atoms with Gasteiger partial charge in [0.05, 0.1) is 5.69 Å². The van der Waals surface area contributed by atoms with E-state index in [4.69, 9.17) is 5.73 Å². The molecular weight excluding hydrogens is 272 g/mol. The number of aromatic hydroxyl groups is 1. The zero-order valence-electron chi connectivity index (χ0n) is 12.9. The van der Waals surface area contributed by atoms with Crippen LogP contribution in [0.5, 0.6) is 5.75 Å². The number of hydrogen-bond acceptors (Lipinski definition) is 3. The zero-order chi connectivity index (χ0) is 15.7. The van der Waals surface area contributed by atoms with Gasteiger partial charge in [0, 0.05) is 23.2 Å². The number of phenols is 1. The van der Waals surface area contributed by atoms with E-state index in [-0.39, 0.29) is 5.75 Å². The Morgan fingerprint density at radius 2 is 1.77 bits per heavy atom. The van der Waals surface area contributed by atoms with Crippen LogP contribution in [0, 0.1) is 13.8 Å². The Hall–Kier alpha value is -2.68. The molecule has 3 aromatic rings. The second-order valence-corrected chi connectivity index (χ2v) is 5.67. The average Bonchev–Trinajstić information content (AvgIpc) is 2.53. The maximum Gasteiger partial charge on any atom is 0.144 e. The summed E-state index contributed by atoms with van der Waals surface area (Å²) in [6.45, 7) is 4.71. The van der Waals surface area contributed by atoms with E-state index < -0.39 is 0 Å². The van der Waals surface area contributed by atoms with Gasteiger partial charge in [-0.25, -0.2) is 0 Å². The summed E-state index contributed by atoms with van der Waals surface area (Å²) >= 11 is 0. The largest absolute Gasteiger partial charge is 0.505 e. The number of hydrogen-bond donors (Lipinski definition) is 3. The lowest BCUT2D eigenvalue weighted by atomic mass is 10.0. The quantitative estimate of drug-likeness (QED) is 0.496. The number of fused-ring (bicyclic) bond motifs is 1. The van der Waals surface area contributed by atoms with Crippen molar-refractivity contribution in [1.82, 2.24) is 0 Å². The van der Waals surface area contributed by atoms with Crippen LogP contribution in [0.3, 0.4) is 0 Å². The van der Waals surface area contributed by atoms with Crippen LogP contribution in [0.15, 0.2) is 48.5 Å². The Kier molecular flexibility index (Phi) is 3.63. The Morgan fingerprint density at radius 1 is 1.00 bits per heavy atom. The Bertz CT molecular complexity index is 840. The highest BCUT2D eigenvalue weighted by Crippen LogP contribution is 2.34. The second kappa shape index (κ2) is 5.60. The van der Waals surface area contributed by atoms with E-state index in [9.17, 15) is 5.11 Å². The summed E-state index contributed by atoms with van der Waals surface area (Å²) in [5, 5.41) is 15.6. The molecule has 0 atom stereocenters.